The Morgan fingerprint density at radius 2 is 1.95 bits per heavy atom. The second kappa shape index (κ2) is 6.53. The number of aryl methyl sites for hydroxylation is 1. The second-order valence-corrected chi connectivity index (χ2v) is 4.92. The largest absolute Gasteiger partial charge is 0.494 e. The van der Waals surface area contributed by atoms with Gasteiger partial charge in [-0.3, -0.25) is 0 Å². The fourth-order valence-electron chi connectivity index (χ4n) is 2.14. The molecule has 0 fully saturated rings. The maximum Gasteiger partial charge on any atom is 0.165 e. The Morgan fingerprint density at radius 3 is 2.60 bits per heavy atom. The smallest absolute Gasteiger partial charge is 0.165 e. The molecule has 0 saturated carbocycles. The third-order valence-electron chi connectivity index (χ3n) is 3.54. The zero-order chi connectivity index (χ0) is 14.5. The van der Waals surface area contributed by atoms with Crippen molar-refractivity contribution >= 4 is 0 Å². The molecule has 3 heteroatoms. The van der Waals surface area contributed by atoms with E-state index in [0.717, 1.165) is 12.1 Å². The summed E-state index contributed by atoms with van der Waals surface area (Å²) in [6.07, 6.45) is 0. The van der Waals surface area contributed by atoms with Crippen molar-refractivity contribution in [2.75, 3.05) is 7.11 Å². The summed E-state index contributed by atoms with van der Waals surface area (Å²) in [6.45, 7) is 4.88. The number of benzene rings is 2. The number of nitrogens with one attached hydrogen (secondary N) is 1. The molecule has 20 heavy (non-hydrogen) atoms. The molecule has 0 spiro atoms. The molecule has 1 N–H and O–H groups in total. The first-order valence-corrected chi connectivity index (χ1v) is 6.73. The van der Waals surface area contributed by atoms with Crippen LogP contribution in [0.15, 0.2) is 42.5 Å². The molecule has 0 aliphatic rings. The summed E-state index contributed by atoms with van der Waals surface area (Å²) >= 11 is 0. The lowest BCUT2D eigenvalue weighted by Gasteiger charge is -2.16. The third-order valence-corrected chi connectivity index (χ3v) is 3.54. The zero-order valence-electron chi connectivity index (χ0n) is 12.1. The van der Waals surface area contributed by atoms with E-state index >= 15 is 0 Å². The van der Waals surface area contributed by atoms with E-state index in [2.05, 4.69) is 24.4 Å². The molecule has 0 heterocycles. The Morgan fingerprint density at radius 1 is 1.20 bits per heavy atom. The molecule has 106 valence electrons. The maximum atomic E-state index is 13.7. The topological polar surface area (TPSA) is 21.3 Å². The molecule has 0 aliphatic heterocycles. The van der Waals surface area contributed by atoms with Crippen molar-refractivity contribution in [3.63, 3.8) is 0 Å². The molecular formula is C17H20FNO. The Bertz CT molecular complexity index is 583. The lowest BCUT2D eigenvalue weighted by atomic mass is 10.1. The lowest BCUT2D eigenvalue weighted by Crippen LogP contribution is -2.18. The van der Waals surface area contributed by atoms with E-state index in [1.165, 1.54) is 24.3 Å². The van der Waals surface area contributed by atoms with Crippen molar-refractivity contribution in [1.82, 2.24) is 5.32 Å². The van der Waals surface area contributed by atoms with Crippen LogP contribution in [0.4, 0.5) is 4.39 Å². The first-order valence-electron chi connectivity index (χ1n) is 6.73. The summed E-state index contributed by atoms with van der Waals surface area (Å²) in [6, 6.07) is 13.4. The highest BCUT2D eigenvalue weighted by Gasteiger charge is 2.09. The van der Waals surface area contributed by atoms with Gasteiger partial charge in [-0.1, -0.05) is 30.3 Å². The highest BCUT2D eigenvalue weighted by Crippen LogP contribution is 2.22. The van der Waals surface area contributed by atoms with Gasteiger partial charge in [0, 0.05) is 12.6 Å². The van der Waals surface area contributed by atoms with Crippen LogP contribution < -0.4 is 10.1 Å². The third kappa shape index (κ3) is 3.36. The van der Waals surface area contributed by atoms with Gasteiger partial charge in [0.2, 0.25) is 0 Å². The van der Waals surface area contributed by atoms with Gasteiger partial charge in [0.05, 0.1) is 7.11 Å². The van der Waals surface area contributed by atoms with Gasteiger partial charge in [0.1, 0.15) is 0 Å². The van der Waals surface area contributed by atoms with Crippen molar-refractivity contribution in [2.24, 2.45) is 0 Å². The standard InChI is InChI=1S/C17H20FNO/c1-12-6-4-5-7-15(12)11-19-13(2)14-8-9-17(20-3)16(18)10-14/h4-10,13,19H,11H2,1-3H3. The molecule has 0 aromatic heterocycles. The fraction of sp³-hybridized carbons (Fsp3) is 0.294. The highest BCUT2D eigenvalue weighted by atomic mass is 19.1. The molecule has 0 aliphatic carbocycles. The molecule has 0 bridgehead atoms. The molecular weight excluding hydrogens is 253 g/mol. The van der Waals surface area contributed by atoms with Gasteiger partial charge in [0.25, 0.3) is 0 Å². The minimum absolute atomic E-state index is 0.0787. The SMILES string of the molecule is COc1ccc(C(C)NCc2ccccc2C)cc1F. The predicted molar refractivity (Wildman–Crippen MR) is 79.4 cm³/mol. The van der Waals surface area contributed by atoms with Crippen molar-refractivity contribution in [3.05, 3.63) is 65.0 Å². The second-order valence-electron chi connectivity index (χ2n) is 4.92. The van der Waals surface area contributed by atoms with Crippen LogP contribution in [0, 0.1) is 12.7 Å². The van der Waals surface area contributed by atoms with E-state index in [4.69, 9.17) is 4.74 Å². The predicted octanol–water partition coefficient (Wildman–Crippen LogP) is 3.99. The number of rotatable bonds is 5. The average molecular weight is 273 g/mol. The normalized spacial score (nSPS) is 12.2. The first-order chi connectivity index (χ1) is 9.61. The van der Waals surface area contributed by atoms with E-state index in [9.17, 15) is 4.39 Å². The number of ether oxygens (including phenoxy) is 1. The number of hydrogen-bond donors (Lipinski definition) is 1. The van der Waals surface area contributed by atoms with Crippen molar-refractivity contribution in [2.45, 2.75) is 26.4 Å². The van der Waals surface area contributed by atoms with Crippen LogP contribution >= 0.6 is 0 Å². The summed E-state index contributed by atoms with van der Waals surface area (Å²) in [7, 11) is 1.47. The molecule has 0 amide bonds. The molecule has 2 rings (SSSR count). The highest BCUT2D eigenvalue weighted by molar-refractivity contribution is 5.31. The molecule has 2 aromatic rings. The van der Waals surface area contributed by atoms with Crippen molar-refractivity contribution < 1.29 is 9.13 Å². The van der Waals surface area contributed by atoms with Crippen LogP contribution in [-0.4, -0.2) is 7.11 Å². The molecule has 1 atom stereocenters. The van der Waals surface area contributed by atoms with Crippen molar-refractivity contribution in [3.8, 4) is 5.75 Å². The van der Waals surface area contributed by atoms with Gasteiger partial charge in [-0.15, -0.1) is 0 Å². The summed E-state index contributed by atoms with van der Waals surface area (Å²) in [5.41, 5.74) is 3.43. The summed E-state index contributed by atoms with van der Waals surface area (Å²) in [5, 5.41) is 3.41. The van der Waals surface area contributed by atoms with E-state index in [1.54, 1.807) is 6.07 Å². The minimum atomic E-state index is -0.324. The first kappa shape index (κ1) is 14.5. The van der Waals surface area contributed by atoms with Crippen LogP contribution in [0.5, 0.6) is 5.75 Å². The van der Waals surface area contributed by atoms with Gasteiger partial charge >= 0.3 is 0 Å². The van der Waals surface area contributed by atoms with E-state index in [1.807, 2.05) is 25.1 Å². The Hall–Kier alpha value is -1.87. The van der Waals surface area contributed by atoms with Crippen molar-refractivity contribution in [1.29, 1.82) is 0 Å². The molecule has 1 unspecified atom stereocenters. The monoisotopic (exact) mass is 273 g/mol. The Labute approximate surface area is 119 Å². The quantitative estimate of drug-likeness (QED) is 0.889. The van der Waals surface area contributed by atoms with E-state index in [-0.39, 0.29) is 17.6 Å². The zero-order valence-corrected chi connectivity index (χ0v) is 12.1. The minimum Gasteiger partial charge on any atom is -0.494 e. The van der Waals surface area contributed by atoms with E-state index < -0.39 is 0 Å². The number of halogens is 1. The van der Waals surface area contributed by atoms with Crippen LogP contribution in [0.3, 0.4) is 0 Å². The lowest BCUT2D eigenvalue weighted by molar-refractivity contribution is 0.385. The van der Waals surface area contributed by atoms with Gasteiger partial charge in [-0.2, -0.15) is 0 Å². The molecule has 2 nitrogen and oxygen atoms in total. The maximum absolute atomic E-state index is 13.7. The fourth-order valence-corrected chi connectivity index (χ4v) is 2.14. The summed E-state index contributed by atoms with van der Waals surface area (Å²) < 4.78 is 18.6. The molecule has 0 radical (unpaired) electrons. The van der Waals surface area contributed by atoms with Crippen LogP contribution in [0.2, 0.25) is 0 Å². The van der Waals surface area contributed by atoms with Gasteiger partial charge in [0.15, 0.2) is 11.6 Å². The van der Waals surface area contributed by atoms with Gasteiger partial charge in [-0.05, 0) is 42.7 Å². The van der Waals surface area contributed by atoms with Crippen LogP contribution in [0.25, 0.3) is 0 Å². The molecule has 2 aromatic carbocycles. The van der Waals surface area contributed by atoms with Crippen LogP contribution in [0.1, 0.15) is 29.7 Å². The summed E-state index contributed by atoms with van der Waals surface area (Å²) in [4.78, 5) is 0. The average Bonchev–Trinajstić information content (AvgIpc) is 2.46. The number of methoxy groups -OCH3 is 1. The van der Waals surface area contributed by atoms with E-state index in [0.29, 0.717) is 0 Å². The molecule has 0 saturated heterocycles. The van der Waals surface area contributed by atoms with Gasteiger partial charge < -0.3 is 10.1 Å². The Kier molecular flexibility index (Phi) is 4.74. The Balaban J connectivity index is 2.03. The number of hydrogen-bond acceptors (Lipinski definition) is 2. The van der Waals surface area contributed by atoms with Gasteiger partial charge in [-0.25, -0.2) is 4.39 Å². The van der Waals surface area contributed by atoms with Crippen LogP contribution in [-0.2, 0) is 6.54 Å². The summed E-state index contributed by atoms with van der Waals surface area (Å²) in [5.74, 6) is -0.0469.